The highest BCUT2D eigenvalue weighted by molar-refractivity contribution is 5.67. The summed E-state index contributed by atoms with van der Waals surface area (Å²) in [6.07, 6.45) is 7.70. The molecule has 0 spiro atoms. The van der Waals surface area contributed by atoms with Crippen LogP contribution in [0.25, 0.3) is 11.3 Å². The molecule has 1 atom stereocenters. The molecule has 2 aromatic rings. The standard InChI is InChI=1S/C16H22N6/c1-22(2)16-15(20-13-4-3-7-18-10-13)21-14(11-19-16)12-5-8-17-9-6-12/h5-6,8-9,11,13,18H,3-4,7,10H2,1-2H3,(H,20,21). The zero-order valence-corrected chi connectivity index (χ0v) is 13.1. The molecular formula is C16H22N6. The van der Waals surface area contributed by atoms with Gasteiger partial charge in [-0.05, 0) is 31.5 Å². The molecule has 1 aliphatic rings. The van der Waals surface area contributed by atoms with Crippen LogP contribution in [0.2, 0.25) is 0 Å². The highest BCUT2D eigenvalue weighted by Crippen LogP contribution is 2.25. The van der Waals surface area contributed by atoms with Crippen LogP contribution in [0.15, 0.2) is 30.7 Å². The van der Waals surface area contributed by atoms with E-state index in [0.717, 1.165) is 42.4 Å². The number of nitrogens with one attached hydrogen (secondary N) is 2. The topological polar surface area (TPSA) is 66.0 Å². The van der Waals surface area contributed by atoms with Crippen molar-refractivity contribution in [2.75, 3.05) is 37.4 Å². The van der Waals surface area contributed by atoms with E-state index in [1.807, 2.05) is 37.3 Å². The molecule has 0 radical (unpaired) electrons. The van der Waals surface area contributed by atoms with Crippen molar-refractivity contribution < 1.29 is 0 Å². The van der Waals surface area contributed by atoms with Gasteiger partial charge in [0.2, 0.25) is 0 Å². The SMILES string of the molecule is CN(C)c1ncc(-c2ccncc2)nc1NC1CCCNC1. The molecule has 0 amide bonds. The van der Waals surface area contributed by atoms with Crippen LogP contribution < -0.4 is 15.5 Å². The molecule has 3 heterocycles. The van der Waals surface area contributed by atoms with Gasteiger partial charge in [0.05, 0.1) is 11.9 Å². The van der Waals surface area contributed by atoms with Crippen molar-refractivity contribution in [1.82, 2.24) is 20.3 Å². The van der Waals surface area contributed by atoms with Crippen molar-refractivity contribution in [2.24, 2.45) is 0 Å². The van der Waals surface area contributed by atoms with Crippen molar-refractivity contribution in [2.45, 2.75) is 18.9 Å². The van der Waals surface area contributed by atoms with E-state index >= 15 is 0 Å². The minimum absolute atomic E-state index is 0.398. The van der Waals surface area contributed by atoms with E-state index in [1.54, 1.807) is 12.4 Å². The normalized spacial score (nSPS) is 18.0. The molecule has 0 saturated carbocycles. The van der Waals surface area contributed by atoms with Gasteiger partial charge < -0.3 is 15.5 Å². The van der Waals surface area contributed by atoms with Crippen LogP contribution in [0, 0.1) is 0 Å². The van der Waals surface area contributed by atoms with Gasteiger partial charge in [0.25, 0.3) is 0 Å². The molecular weight excluding hydrogens is 276 g/mol. The molecule has 1 unspecified atom stereocenters. The Hall–Kier alpha value is -2.21. The fourth-order valence-corrected chi connectivity index (χ4v) is 2.64. The van der Waals surface area contributed by atoms with E-state index in [1.165, 1.54) is 6.42 Å². The van der Waals surface area contributed by atoms with Gasteiger partial charge in [-0.2, -0.15) is 0 Å². The smallest absolute Gasteiger partial charge is 0.171 e. The Morgan fingerprint density at radius 3 is 2.77 bits per heavy atom. The molecule has 1 saturated heterocycles. The minimum atomic E-state index is 0.398. The third-order valence-corrected chi connectivity index (χ3v) is 3.79. The maximum absolute atomic E-state index is 4.79. The third kappa shape index (κ3) is 3.33. The van der Waals surface area contributed by atoms with Gasteiger partial charge in [0, 0.05) is 44.6 Å². The van der Waals surface area contributed by atoms with E-state index in [9.17, 15) is 0 Å². The van der Waals surface area contributed by atoms with Crippen LogP contribution in [0.3, 0.4) is 0 Å². The average Bonchev–Trinajstić information content (AvgIpc) is 2.56. The molecule has 3 rings (SSSR count). The largest absolute Gasteiger partial charge is 0.363 e. The van der Waals surface area contributed by atoms with Crippen molar-refractivity contribution in [3.8, 4) is 11.3 Å². The van der Waals surface area contributed by atoms with E-state index in [-0.39, 0.29) is 0 Å². The maximum Gasteiger partial charge on any atom is 0.171 e. The van der Waals surface area contributed by atoms with Gasteiger partial charge in [-0.3, -0.25) is 4.98 Å². The summed E-state index contributed by atoms with van der Waals surface area (Å²) in [4.78, 5) is 15.4. The Morgan fingerprint density at radius 2 is 2.09 bits per heavy atom. The summed E-state index contributed by atoms with van der Waals surface area (Å²) in [6.45, 7) is 2.06. The fraction of sp³-hybridized carbons (Fsp3) is 0.438. The molecule has 0 aromatic carbocycles. The molecule has 1 fully saturated rings. The Bertz CT molecular complexity index is 607. The predicted octanol–water partition coefficient (Wildman–Crippen LogP) is 1.77. The van der Waals surface area contributed by atoms with Gasteiger partial charge in [0.15, 0.2) is 11.6 Å². The van der Waals surface area contributed by atoms with Crippen molar-refractivity contribution >= 4 is 11.6 Å². The lowest BCUT2D eigenvalue weighted by Gasteiger charge is -2.26. The monoisotopic (exact) mass is 298 g/mol. The number of piperidine rings is 1. The Morgan fingerprint density at radius 1 is 1.27 bits per heavy atom. The fourth-order valence-electron chi connectivity index (χ4n) is 2.64. The van der Waals surface area contributed by atoms with Crippen molar-refractivity contribution in [3.63, 3.8) is 0 Å². The Balaban J connectivity index is 1.90. The Kier molecular flexibility index (Phi) is 4.48. The molecule has 6 nitrogen and oxygen atoms in total. The lowest BCUT2D eigenvalue weighted by atomic mass is 10.1. The van der Waals surface area contributed by atoms with Crippen LogP contribution in [0.5, 0.6) is 0 Å². The van der Waals surface area contributed by atoms with Crippen molar-refractivity contribution in [3.05, 3.63) is 30.7 Å². The molecule has 116 valence electrons. The first-order valence-electron chi connectivity index (χ1n) is 7.66. The zero-order chi connectivity index (χ0) is 15.4. The number of hydrogen-bond acceptors (Lipinski definition) is 6. The van der Waals surface area contributed by atoms with Crippen LogP contribution >= 0.6 is 0 Å². The first-order chi connectivity index (χ1) is 10.7. The predicted molar refractivity (Wildman–Crippen MR) is 89.1 cm³/mol. The summed E-state index contributed by atoms with van der Waals surface area (Å²) >= 11 is 0. The Labute approximate surface area is 131 Å². The quantitative estimate of drug-likeness (QED) is 0.897. The second kappa shape index (κ2) is 6.70. The number of rotatable bonds is 4. The molecule has 2 aromatic heterocycles. The van der Waals surface area contributed by atoms with Gasteiger partial charge in [-0.1, -0.05) is 0 Å². The first-order valence-corrected chi connectivity index (χ1v) is 7.66. The minimum Gasteiger partial charge on any atom is -0.363 e. The van der Waals surface area contributed by atoms with Crippen LogP contribution in [0.4, 0.5) is 11.6 Å². The van der Waals surface area contributed by atoms with Gasteiger partial charge in [-0.15, -0.1) is 0 Å². The lowest BCUT2D eigenvalue weighted by molar-refractivity contribution is 0.479. The van der Waals surface area contributed by atoms with E-state index in [0.29, 0.717) is 6.04 Å². The highest BCUT2D eigenvalue weighted by Gasteiger charge is 2.17. The second-order valence-corrected chi connectivity index (χ2v) is 5.75. The van der Waals surface area contributed by atoms with E-state index in [4.69, 9.17) is 4.98 Å². The summed E-state index contributed by atoms with van der Waals surface area (Å²) in [7, 11) is 3.97. The summed E-state index contributed by atoms with van der Waals surface area (Å²) in [5.74, 6) is 1.70. The molecule has 2 N–H and O–H groups in total. The number of hydrogen-bond donors (Lipinski definition) is 2. The molecule has 0 bridgehead atoms. The highest BCUT2D eigenvalue weighted by atomic mass is 15.2. The van der Waals surface area contributed by atoms with E-state index < -0.39 is 0 Å². The maximum atomic E-state index is 4.79. The third-order valence-electron chi connectivity index (χ3n) is 3.79. The summed E-state index contributed by atoms with van der Waals surface area (Å²) in [5.41, 5.74) is 1.89. The molecule has 6 heteroatoms. The van der Waals surface area contributed by atoms with Gasteiger partial charge >= 0.3 is 0 Å². The summed E-state index contributed by atoms with van der Waals surface area (Å²) in [5, 5.41) is 6.97. The van der Waals surface area contributed by atoms with Gasteiger partial charge in [-0.25, -0.2) is 9.97 Å². The summed E-state index contributed by atoms with van der Waals surface area (Å²) in [6, 6.07) is 4.30. The van der Waals surface area contributed by atoms with Crippen LogP contribution in [-0.4, -0.2) is 48.2 Å². The average molecular weight is 298 g/mol. The number of nitrogens with zero attached hydrogens (tertiary/aromatic N) is 4. The molecule has 0 aliphatic carbocycles. The van der Waals surface area contributed by atoms with E-state index in [2.05, 4.69) is 20.6 Å². The molecule has 22 heavy (non-hydrogen) atoms. The molecule has 1 aliphatic heterocycles. The van der Waals surface area contributed by atoms with Crippen molar-refractivity contribution in [1.29, 1.82) is 0 Å². The number of anilines is 2. The van der Waals surface area contributed by atoms with Crippen LogP contribution in [-0.2, 0) is 0 Å². The number of pyridine rings is 1. The summed E-state index contributed by atoms with van der Waals surface area (Å²) < 4.78 is 0. The number of aromatic nitrogens is 3. The first kappa shape index (κ1) is 14.7. The van der Waals surface area contributed by atoms with Gasteiger partial charge in [0.1, 0.15) is 0 Å². The van der Waals surface area contributed by atoms with Crippen LogP contribution in [0.1, 0.15) is 12.8 Å². The second-order valence-electron chi connectivity index (χ2n) is 5.75. The zero-order valence-electron chi connectivity index (χ0n) is 13.1. The lowest BCUT2D eigenvalue weighted by Crippen LogP contribution is -2.39.